The molecule has 0 bridgehead atoms. The van der Waals surface area contributed by atoms with Gasteiger partial charge < -0.3 is 21.1 Å². The van der Waals surface area contributed by atoms with Crippen LogP contribution in [0.25, 0.3) is 11.3 Å². The van der Waals surface area contributed by atoms with Crippen molar-refractivity contribution in [2.24, 2.45) is 10.8 Å². The van der Waals surface area contributed by atoms with Crippen LogP contribution in [0.2, 0.25) is 0 Å². The zero-order valence-electron chi connectivity index (χ0n) is 19.6. The van der Waals surface area contributed by atoms with Gasteiger partial charge in [0.15, 0.2) is 0 Å². The lowest BCUT2D eigenvalue weighted by Crippen LogP contribution is -2.36. The van der Waals surface area contributed by atoms with Crippen molar-refractivity contribution in [3.05, 3.63) is 73.1 Å². The van der Waals surface area contributed by atoms with Crippen LogP contribution in [0.4, 0.5) is 23.0 Å². The molecule has 0 saturated carbocycles. The second-order valence-corrected chi connectivity index (χ2v) is 8.27. The summed E-state index contributed by atoms with van der Waals surface area (Å²) in [5.74, 6) is 0.874. The third-order valence-electron chi connectivity index (χ3n) is 5.70. The molecule has 2 aromatic carbocycles. The van der Waals surface area contributed by atoms with Crippen LogP contribution in [-0.4, -0.2) is 40.1 Å². The Kier molecular flexibility index (Phi) is 7.24. The lowest BCUT2D eigenvalue weighted by Gasteiger charge is -2.32. The van der Waals surface area contributed by atoms with Crippen molar-refractivity contribution < 1.29 is 5.11 Å². The fraction of sp³-hybridized carbons (Fsp3) is 0.231. The van der Waals surface area contributed by atoms with E-state index >= 15 is 0 Å². The maximum atomic E-state index is 9.78. The van der Waals surface area contributed by atoms with Gasteiger partial charge in [-0.3, -0.25) is 0 Å². The summed E-state index contributed by atoms with van der Waals surface area (Å²) in [4.78, 5) is 11.1. The highest BCUT2D eigenvalue weighted by atomic mass is 16.3. The van der Waals surface area contributed by atoms with Crippen LogP contribution < -0.4 is 21.0 Å². The van der Waals surface area contributed by atoms with Gasteiger partial charge in [-0.1, -0.05) is 12.6 Å². The van der Waals surface area contributed by atoms with Gasteiger partial charge in [0.05, 0.1) is 28.7 Å². The molecule has 9 heteroatoms. The Labute approximate surface area is 204 Å². The number of hydrazone groups is 1. The van der Waals surface area contributed by atoms with Crippen molar-refractivity contribution in [2.75, 3.05) is 28.3 Å². The summed E-state index contributed by atoms with van der Waals surface area (Å²) in [5.41, 5.74) is 10.3. The van der Waals surface area contributed by atoms with E-state index in [1.807, 2.05) is 48.5 Å². The molecule has 0 atom stereocenters. The average molecular weight is 469 g/mol. The molecule has 1 aliphatic heterocycles. The van der Waals surface area contributed by atoms with Crippen LogP contribution in [-0.2, 0) is 0 Å². The zero-order valence-corrected chi connectivity index (χ0v) is 19.6. The molecular formula is C26H28N8O. The van der Waals surface area contributed by atoms with Crippen molar-refractivity contribution in [3.63, 3.8) is 0 Å². The highest BCUT2D eigenvalue weighted by molar-refractivity contribution is 5.79. The summed E-state index contributed by atoms with van der Waals surface area (Å²) in [6.07, 6.45) is 4.42. The van der Waals surface area contributed by atoms with Crippen LogP contribution in [0, 0.1) is 11.3 Å². The number of piperidine rings is 1. The van der Waals surface area contributed by atoms with Gasteiger partial charge in [-0.2, -0.15) is 10.4 Å². The van der Waals surface area contributed by atoms with Crippen LogP contribution in [0.3, 0.4) is 0 Å². The number of anilines is 4. The van der Waals surface area contributed by atoms with E-state index in [9.17, 15) is 10.4 Å². The average Bonchev–Trinajstić information content (AvgIpc) is 2.88. The second-order valence-electron chi connectivity index (χ2n) is 8.27. The molecule has 0 amide bonds. The number of aliphatic hydroxyl groups is 1. The minimum Gasteiger partial charge on any atom is -0.393 e. The number of amidine groups is 1. The molecule has 2 heterocycles. The zero-order chi connectivity index (χ0) is 24.8. The summed E-state index contributed by atoms with van der Waals surface area (Å²) < 4.78 is 0. The van der Waals surface area contributed by atoms with Gasteiger partial charge in [0.1, 0.15) is 11.9 Å². The van der Waals surface area contributed by atoms with Crippen molar-refractivity contribution in [1.82, 2.24) is 9.97 Å². The third kappa shape index (κ3) is 5.75. The van der Waals surface area contributed by atoms with Gasteiger partial charge >= 0.3 is 0 Å². The van der Waals surface area contributed by atoms with Crippen LogP contribution in [0.15, 0.2) is 72.6 Å². The Hall–Kier alpha value is -4.42. The molecule has 1 aliphatic rings. The predicted octanol–water partition coefficient (Wildman–Crippen LogP) is 3.96. The highest BCUT2D eigenvalue weighted by Crippen LogP contribution is 2.29. The van der Waals surface area contributed by atoms with E-state index in [4.69, 9.17) is 5.73 Å². The van der Waals surface area contributed by atoms with Crippen molar-refractivity contribution in [3.8, 4) is 17.3 Å². The van der Waals surface area contributed by atoms with Crippen molar-refractivity contribution >= 4 is 28.8 Å². The van der Waals surface area contributed by atoms with Gasteiger partial charge in [-0.15, -0.1) is 0 Å². The first-order chi connectivity index (χ1) is 17.0. The van der Waals surface area contributed by atoms with Crippen LogP contribution >= 0.6 is 0 Å². The maximum Gasteiger partial charge on any atom is 0.227 e. The summed E-state index contributed by atoms with van der Waals surface area (Å²) in [5, 5.41) is 28.5. The Balaban J connectivity index is 1.52. The number of nitrogens with zero attached hydrogens (tertiary/aromatic N) is 6. The topological polar surface area (TPSA) is 127 Å². The molecule has 0 unspecified atom stereocenters. The molecule has 0 radical (unpaired) electrons. The molecular weight excluding hydrogens is 440 g/mol. The molecule has 178 valence electrons. The van der Waals surface area contributed by atoms with E-state index in [2.05, 4.69) is 37.9 Å². The Bertz CT molecular complexity index is 1250. The molecule has 0 spiro atoms. The highest BCUT2D eigenvalue weighted by Gasteiger charge is 2.20. The predicted molar refractivity (Wildman–Crippen MR) is 139 cm³/mol. The van der Waals surface area contributed by atoms with Crippen molar-refractivity contribution in [2.45, 2.75) is 25.9 Å². The molecule has 9 nitrogen and oxygen atoms in total. The number of hydrogen-bond acceptors (Lipinski definition) is 8. The van der Waals surface area contributed by atoms with E-state index < -0.39 is 0 Å². The van der Waals surface area contributed by atoms with E-state index in [-0.39, 0.29) is 6.10 Å². The van der Waals surface area contributed by atoms with Gasteiger partial charge in [-0.05, 0) is 62.2 Å². The number of aliphatic hydroxyl groups excluding tert-OH is 1. The monoisotopic (exact) mass is 468 g/mol. The molecule has 1 saturated heterocycles. The minimum absolute atomic E-state index is 0.260. The smallest absolute Gasteiger partial charge is 0.227 e. The summed E-state index contributed by atoms with van der Waals surface area (Å²) in [6, 6.07) is 17.4. The van der Waals surface area contributed by atoms with Crippen LogP contribution in [0.1, 0.15) is 25.3 Å². The standard InChI is InChI=1S/C26H28N8O/c1-3-34(32-18(2)28)22-7-5-21(6-8-22)30-26-29-13-10-24(31-26)19-4-9-25(20(16-19)17-27)33-14-11-23(35)12-15-33/h3-10,13,16,23,35H,1,11-12,14-15H2,2H3,(H2,28,32)(H,29,30,31). The number of nitrogens with one attached hydrogen (secondary N) is 1. The lowest BCUT2D eigenvalue weighted by molar-refractivity contribution is 0.145. The molecule has 3 aromatic rings. The second kappa shape index (κ2) is 10.7. The lowest BCUT2D eigenvalue weighted by atomic mass is 10.0. The molecule has 1 aromatic heterocycles. The largest absolute Gasteiger partial charge is 0.393 e. The van der Waals surface area contributed by atoms with Gasteiger partial charge in [0.25, 0.3) is 0 Å². The number of rotatable bonds is 7. The van der Waals surface area contributed by atoms with Gasteiger partial charge in [0, 0.05) is 36.7 Å². The summed E-state index contributed by atoms with van der Waals surface area (Å²) in [6.45, 7) is 6.94. The van der Waals surface area contributed by atoms with E-state index in [0.29, 0.717) is 35.9 Å². The number of nitrogens with two attached hydrogens (primary N) is 1. The molecule has 4 rings (SSSR count). The van der Waals surface area contributed by atoms with E-state index in [0.717, 1.165) is 35.7 Å². The first kappa shape index (κ1) is 23.7. The van der Waals surface area contributed by atoms with Gasteiger partial charge in [0.2, 0.25) is 5.95 Å². The molecule has 4 N–H and O–H groups in total. The summed E-state index contributed by atoms with van der Waals surface area (Å²) >= 11 is 0. The number of hydrogen-bond donors (Lipinski definition) is 3. The Morgan fingerprint density at radius 3 is 2.66 bits per heavy atom. The Morgan fingerprint density at radius 1 is 1.26 bits per heavy atom. The van der Waals surface area contributed by atoms with E-state index in [1.165, 1.54) is 0 Å². The molecule has 35 heavy (non-hydrogen) atoms. The maximum absolute atomic E-state index is 9.78. The number of aromatic nitrogens is 2. The molecule has 0 aliphatic carbocycles. The fourth-order valence-corrected chi connectivity index (χ4v) is 3.95. The first-order valence-electron chi connectivity index (χ1n) is 11.4. The quantitative estimate of drug-likeness (QED) is 0.270. The summed E-state index contributed by atoms with van der Waals surface area (Å²) in [7, 11) is 0. The normalized spacial score (nSPS) is 14.3. The minimum atomic E-state index is -0.260. The third-order valence-corrected chi connectivity index (χ3v) is 5.70. The van der Waals surface area contributed by atoms with Crippen molar-refractivity contribution in [1.29, 1.82) is 5.26 Å². The number of benzene rings is 2. The fourth-order valence-electron chi connectivity index (χ4n) is 3.95. The Morgan fingerprint density at radius 2 is 2.00 bits per heavy atom. The van der Waals surface area contributed by atoms with Crippen LogP contribution in [0.5, 0.6) is 0 Å². The van der Waals surface area contributed by atoms with Gasteiger partial charge in [-0.25, -0.2) is 15.0 Å². The SMILES string of the molecule is C=CN(/N=C(/C)N)c1ccc(Nc2nccc(-c3ccc(N4CCC(O)CC4)c(C#N)c3)n2)cc1. The van der Waals surface area contributed by atoms with E-state index in [1.54, 1.807) is 24.3 Å². The molecule has 1 fully saturated rings. The number of nitriles is 1. The first-order valence-corrected chi connectivity index (χ1v) is 11.4.